The van der Waals surface area contributed by atoms with E-state index in [9.17, 15) is 8.42 Å². The highest BCUT2D eigenvalue weighted by molar-refractivity contribution is 7.87. The number of aromatic nitrogens is 1. The van der Waals surface area contributed by atoms with Gasteiger partial charge in [-0.15, -0.1) is 6.58 Å². The summed E-state index contributed by atoms with van der Waals surface area (Å²) >= 11 is 0. The van der Waals surface area contributed by atoms with Crippen molar-refractivity contribution >= 4 is 10.2 Å². The average molecular weight is 255 g/mol. The molecule has 0 aliphatic rings. The van der Waals surface area contributed by atoms with Crippen LogP contribution < -0.4 is 4.72 Å². The molecule has 1 N–H and O–H groups in total. The van der Waals surface area contributed by atoms with Crippen LogP contribution in [0.5, 0.6) is 0 Å². The number of hydrogen-bond acceptors (Lipinski definition) is 3. The van der Waals surface area contributed by atoms with Gasteiger partial charge in [-0.05, 0) is 18.1 Å². The fraction of sp³-hybridized carbons (Fsp3) is 0.364. The van der Waals surface area contributed by atoms with Crippen LogP contribution in [0.2, 0.25) is 0 Å². The van der Waals surface area contributed by atoms with E-state index in [-0.39, 0.29) is 6.04 Å². The maximum atomic E-state index is 11.7. The highest BCUT2D eigenvalue weighted by atomic mass is 32.2. The molecule has 94 valence electrons. The van der Waals surface area contributed by atoms with Gasteiger partial charge in [-0.3, -0.25) is 4.98 Å². The van der Waals surface area contributed by atoms with Crippen molar-refractivity contribution in [2.24, 2.45) is 0 Å². The molecule has 0 fully saturated rings. The van der Waals surface area contributed by atoms with Crippen molar-refractivity contribution in [1.29, 1.82) is 0 Å². The van der Waals surface area contributed by atoms with Gasteiger partial charge < -0.3 is 0 Å². The summed E-state index contributed by atoms with van der Waals surface area (Å²) in [5.74, 6) is 0. The second-order valence-corrected chi connectivity index (χ2v) is 5.68. The molecule has 6 heteroatoms. The van der Waals surface area contributed by atoms with E-state index in [1.807, 2.05) is 6.07 Å². The fourth-order valence-corrected chi connectivity index (χ4v) is 2.09. The molecule has 1 aromatic heterocycles. The van der Waals surface area contributed by atoms with Gasteiger partial charge >= 0.3 is 0 Å². The Bertz CT molecular complexity index is 457. The second kappa shape index (κ2) is 5.90. The van der Waals surface area contributed by atoms with E-state index in [1.54, 1.807) is 24.5 Å². The topological polar surface area (TPSA) is 62.3 Å². The standard InChI is InChI=1S/C11H17N3O2S/c1-4-6-11(10-7-5-8-12-9-10)13-17(15,16)14(2)3/h4-5,7-9,11,13H,1,6H2,2-3H3. The minimum atomic E-state index is -3.46. The summed E-state index contributed by atoms with van der Waals surface area (Å²) in [6.07, 6.45) is 5.48. The first kappa shape index (κ1) is 13.8. The summed E-state index contributed by atoms with van der Waals surface area (Å²) < 4.78 is 27.2. The third kappa shape index (κ3) is 3.92. The second-order valence-electron chi connectivity index (χ2n) is 3.77. The Morgan fingerprint density at radius 1 is 1.59 bits per heavy atom. The first-order valence-electron chi connectivity index (χ1n) is 5.18. The Morgan fingerprint density at radius 3 is 2.76 bits per heavy atom. The number of rotatable bonds is 6. The van der Waals surface area contributed by atoms with Gasteiger partial charge in [0.2, 0.25) is 0 Å². The zero-order valence-corrected chi connectivity index (χ0v) is 10.8. The zero-order chi connectivity index (χ0) is 12.9. The molecule has 0 aliphatic carbocycles. The smallest absolute Gasteiger partial charge is 0.264 e. The maximum absolute atomic E-state index is 11.7. The van der Waals surface area contributed by atoms with E-state index in [1.165, 1.54) is 14.1 Å². The molecule has 5 nitrogen and oxygen atoms in total. The van der Waals surface area contributed by atoms with Gasteiger partial charge in [0.25, 0.3) is 10.2 Å². The number of hydrogen-bond donors (Lipinski definition) is 1. The minimum Gasteiger partial charge on any atom is -0.264 e. The highest BCUT2D eigenvalue weighted by Gasteiger charge is 2.20. The van der Waals surface area contributed by atoms with Crippen LogP contribution in [-0.2, 0) is 10.2 Å². The van der Waals surface area contributed by atoms with Crippen LogP contribution in [0.25, 0.3) is 0 Å². The van der Waals surface area contributed by atoms with Crippen LogP contribution in [0.4, 0.5) is 0 Å². The summed E-state index contributed by atoms with van der Waals surface area (Å²) in [7, 11) is -0.495. The van der Waals surface area contributed by atoms with E-state index in [4.69, 9.17) is 0 Å². The van der Waals surface area contributed by atoms with Crippen molar-refractivity contribution in [2.75, 3.05) is 14.1 Å². The van der Waals surface area contributed by atoms with Crippen molar-refractivity contribution in [1.82, 2.24) is 14.0 Å². The molecule has 0 aliphatic heterocycles. The monoisotopic (exact) mass is 255 g/mol. The minimum absolute atomic E-state index is 0.339. The molecule has 0 amide bonds. The van der Waals surface area contributed by atoms with Gasteiger partial charge in [0.05, 0.1) is 6.04 Å². The lowest BCUT2D eigenvalue weighted by atomic mass is 10.1. The molecule has 0 spiro atoms. The van der Waals surface area contributed by atoms with Crippen LogP contribution in [0.15, 0.2) is 37.2 Å². The molecule has 0 saturated heterocycles. The molecule has 0 saturated carbocycles. The van der Waals surface area contributed by atoms with E-state index >= 15 is 0 Å². The van der Waals surface area contributed by atoms with Crippen molar-refractivity contribution in [3.8, 4) is 0 Å². The first-order valence-corrected chi connectivity index (χ1v) is 6.62. The summed E-state index contributed by atoms with van der Waals surface area (Å²) in [4.78, 5) is 3.98. The molecular formula is C11H17N3O2S. The lowest BCUT2D eigenvalue weighted by Gasteiger charge is -2.20. The molecule has 1 aromatic rings. The summed E-state index contributed by atoms with van der Waals surface area (Å²) in [6.45, 7) is 3.63. The SMILES string of the molecule is C=CCC(NS(=O)(=O)N(C)C)c1cccnc1. The van der Waals surface area contributed by atoms with Crippen LogP contribution in [0.3, 0.4) is 0 Å². The summed E-state index contributed by atoms with van der Waals surface area (Å²) in [5.41, 5.74) is 0.817. The van der Waals surface area contributed by atoms with Gasteiger partial charge in [-0.25, -0.2) is 0 Å². The van der Waals surface area contributed by atoms with Gasteiger partial charge in [0.15, 0.2) is 0 Å². The molecule has 0 aromatic carbocycles. The lowest BCUT2D eigenvalue weighted by Crippen LogP contribution is -2.37. The molecular weight excluding hydrogens is 238 g/mol. The van der Waals surface area contributed by atoms with Crippen LogP contribution in [-0.4, -0.2) is 31.8 Å². The maximum Gasteiger partial charge on any atom is 0.279 e. The molecule has 17 heavy (non-hydrogen) atoms. The summed E-state index contributed by atoms with van der Waals surface area (Å²) in [5, 5.41) is 0. The summed E-state index contributed by atoms with van der Waals surface area (Å²) in [6, 6.07) is 3.27. The van der Waals surface area contributed by atoms with Gasteiger partial charge in [-0.1, -0.05) is 12.1 Å². The fourth-order valence-electron chi connectivity index (χ4n) is 1.29. The zero-order valence-electron chi connectivity index (χ0n) is 10.00. The van der Waals surface area contributed by atoms with Crippen LogP contribution in [0.1, 0.15) is 18.0 Å². The van der Waals surface area contributed by atoms with Crippen LogP contribution >= 0.6 is 0 Å². The Labute approximate surface area is 102 Å². The predicted octanol–water partition coefficient (Wildman–Crippen LogP) is 1.09. The Hall–Kier alpha value is -1.24. The third-order valence-corrected chi connectivity index (χ3v) is 3.80. The van der Waals surface area contributed by atoms with E-state index in [2.05, 4.69) is 16.3 Å². The largest absolute Gasteiger partial charge is 0.279 e. The molecule has 1 rings (SSSR count). The van der Waals surface area contributed by atoms with E-state index in [0.717, 1.165) is 9.87 Å². The van der Waals surface area contributed by atoms with E-state index in [0.29, 0.717) is 6.42 Å². The molecule has 1 atom stereocenters. The van der Waals surface area contributed by atoms with Crippen LogP contribution in [0, 0.1) is 0 Å². The van der Waals surface area contributed by atoms with Gasteiger partial charge in [-0.2, -0.15) is 17.4 Å². The normalized spacial score (nSPS) is 13.6. The van der Waals surface area contributed by atoms with Gasteiger partial charge in [0, 0.05) is 26.5 Å². The third-order valence-electron chi connectivity index (χ3n) is 2.26. The Balaban J connectivity index is 2.92. The average Bonchev–Trinajstić information content (AvgIpc) is 2.29. The Morgan fingerprint density at radius 2 is 2.29 bits per heavy atom. The van der Waals surface area contributed by atoms with Crippen molar-refractivity contribution in [2.45, 2.75) is 12.5 Å². The van der Waals surface area contributed by atoms with Crippen molar-refractivity contribution in [3.05, 3.63) is 42.7 Å². The quantitative estimate of drug-likeness (QED) is 0.774. The van der Waals surface area contributed by atoms with E-state index < -0.39 is 10.2 Å². The van der Waals surface area contributed by atoms with Crippen molar-refractivity contribution in [3.63, 3.8) is 0 Å². The molecule has 0 radical (unpaired) electrons. The molecule has 0 bridgehead atoms. The molecule has 1 unspecified atom stereocenters. The lowest BCUT2D eigenvalue weighted by molar-refractivity contribution is 0.489. The first-order chi connectivity index (χ1) is 7.97. The number of nitrogens with one attached hydrogen (secondary N) is 1. The Kier molecular flexibility index (Phi) is 4.80. The number of pyridine rings is 1. The highest BCUT2D eigenvalue weighted by Crippen LogP contribution is 2.17. The number of nitrogens with zero attached hydrogens (tertiary/aromatic N) is 2. The molecule has 1 heterocycles. The van der Waals surface area contributed by atoms with Gasteiger partial charge in [0.1, 0.15) is 0 Å². The predicted molar refractivity (Wildman–Crippen MR) is 67.5 cm³/mol. The van der Waals surface area contributed by atoms with Crippen molar-refractivity contribution < 1.29 is 8.42 Å².